The van der Waals surface area contributed by atoms with E-state index in [4.69, 9.17) is 0 Å². The fraction of sp³-hybridized carbons (Fsp3) is 0.667. The first-order valence-corrected chi connectivity index (χ1v) is 4.59. The van der Waals surface area contributed by atoms with Crippen LogP contribution in [0.3, 0.4) is 0 Å². The molecule has 0 unspecified atom stereocenters. The zero-order valence-corrected chi connectivity index (χ0v) is 7.11. The third-order valence-corrected chi connectivity index (χ3v) is 2.48. The van der Waals surface area contributed by atoms with Gasteiger partial charge in [0, 0.05) is 5.92 Å². The maximum atomic E-state index is 4.18. The first-order chi connectivity index (χ1) is 5.97. The van der Waals surface area contributed by atoms with Gasteiger partial charge >= 0.3 is 0 Å². The van der Waals surface area contributed by atoms with Crippen LogP contribution in [0.2, 0.25) is 0 Å². The largest absolute Gasteiger partial charge is 0.225 e. The number of rotatable bonds is 1. The highest BCUT2D eigenvalue weighted by Crippen LogP contribution is 2.29. The van der Waals surface area contributed by atoms with Crippen molar-refractivity contribution in [1.82, 2.24) is 15.0 Å². The molecule has 0 aromatic carbocycles. The molecule has 0 aliphatic heterocycles. The summed E-state index contributed by atoms with van der Waals surface area (Å²) in [6.45, 7) is 0. The zero-order chi connectivity index (χ0) is 8.23. The summed E-state index contributed by atoms with van der Waals surface area (Å²) in [5.74, 6) is 1.59. The predicted molar refractivity (Wildman–Crippen MR) is 45.7 cm³/mol. The lowest BCUT2D eigenvalue weighted by Crippen LogP contribution is -2.08. The van der Waals surface area contributed by atoms with E-state index in [2.05, 4.69) is 15.0 Å². The molecule has 1 heterocycles. The van der Waals surface area contributed by atoms with E-state index in [1.807, 2.05) is 0 Å². The van der Waals surface area contributed by atoms with Gasteiger partial charge in [0.2, 0.25) is 0 Å². The minimum atomic E-state index is 0.599. The summed E-state index contributed by atoms with van der Waals surface area (Å²) >= 11 is 0. The molecule has 0 saturated heterocycles. The number of hydrogen-bond acceptors (Lipinski definition) is 3. The van der Waals surface area contributed by atoms with Gasteiger partial charge in [-0.25, -0.2) is 15.0 Å². The average molecular weight is 163 g/mol. The van der Waals surface area contributed by atoms with Gasteiger partial charge in [0.25, 0.3) is 0 Å². The molecule has 1 fully saturated rings. The Hall–Kier alpha value is -0.990. The summed E-state index contributed by atoms with van der Waals surface area (Å²) < 4.78 is 0. The van der Waals surface area contributed by atoms with Crippen molar-refractivity contribution in [2.45, 2.75) is 38.0 Å². The fourth-order valence-electron chi connectivity index (χ4n) is 1.82. The molecular formula is C9H13N3. The molecule has 3 heteroatoms. The lowest BCUT2D eigenvalue weighted by atomic mass is 9.89. The standard InChI is InChI=1S/C9H13N3/c1-2-4-8(5-3-1)9-11-6-10-7-12-9/h6-8H,1-5H2. The second-order valence-electron chi connectivity index (χ2n) is 3.33. The fourth-order valence-corrected chi connectivity index (χ4v) is 1.82. The summed E-state index contributed by atoms with van der Waals surface area (Å²) in [4.78, 5) is 12.2. The molecule has 0 amide bonds. The van der Waals surface area contributed by atoms with Crippen molar-refractivity contribution in [2.24, 2.45) is 0 Å². The first-order valence-electron chi connectivity index (χ1n) is 4.59. The van der Waals surface area contributed by atoms with E-state index in [1.165, 1.54) is 32.1 Å². The van der Waals surface area contributed by atoms with Crippen LogP contribution in [-0.2, 0) is 0 Å². The van der Waals surface area contributed by atoms with Crippen molar-refractivity contribution in [3.8, 4) is 0 Å². The molecule has 12 heavy (non-hydrogen) atoms. The van der Waals surface area contributed by atoms with Crippen molar-refractivity contribution in [3.05, 3.63) is 18.5 Å². The van der Waals surface area contributed by atoms with E-state index in [9.17, 15) is 0 Å². The van der Waals surface area contributed by atoms with E-state index in [0.717, 1.165) is 5.82 Å². The van der Waals surface area contributed by atoms with Gasteiger partial charge < -0.3 is 0 Å². The topological polar surface area (TPSA) is 38.7 Å². The molecule has 1 aliphatic rings. The highest BCUT2D eigenvalue weighted by Gasteiger charge is 2.17. The summed E-state index contributed by atoms with van der Waals surface area (Å²) in [5, 5.41) is 0. The number of hydrogen-bond donors (Lipinski definition) is 0. The van der Waals surface area contributed by atoms with Crippen LogP contribution < -0.4 is 0 Å². The van der Waals surface area contributed by atoms with Crippen LogP contribution in [-0.4, -0.2) is 15.0 Å². The van der Waals surface area contributed by atoms with E-state index in [-0.39, 0.29) is 0 Å². The Labute approximate surface area is 72.3 Å². The Morgan fingerprint density at radius 1 is 1.00 bits per heavy atom. The van der Waals surface area contributed by atoms with Crippen molar-refractivity contribution >= 4 is 0 Å². The van der Waals surface area contributed by atoms with Gasteiger partial charge in [-0.1, -0.05) is 19.3 Å². The van der Waals surface area contributed by atoms with E-state index in [1.54, 1.807) is 12.7 Å². The van der Waals surface area contributed by atoms with Gasteiger partial charge in [0.1, 0.15) is 18.5 Å². The van der Waals surface area contributed by atoms with Gasteiger partial charge in [-0.3, -0.25) is 0 Å². The maximum absolute atomic E-state index is 4.18. The molecule has 0 atom stereocenters. The second kappa shape index (κ2) is 3.61. The molecule has 0 radical (unpaired) electrons. The van der Waals surface area contributed by atoms with Gasteiger partial charge in [0.05, 0.1) is 0 Å². The summed E-state index contributed by atoms with van der Waals surface area (Å²) in [7, 11) is 0. The SMILES string of the molecule is c1ncnc(C2CCCCC2)n1. The third kappa shape index (κ3) is 1.60. The van der Waals surface area contributed by atoms with Crippen LogP contribution in [0.15, 0.2) is 12.7 Å². The Morgan fingerprint density at radius 3 is 2.33 bits per heavy atom. The molecule has 64 valence electrons. The third-order valence-electron chi connectivity index (χ3n) is 2.48. The molecule has 0 bridgehead atoms. The molecule has 0 N–H and O–H groups in total. The van der Waals surface area contributed by atoms with Gasteiger partial charge in [-0.05, 0) is 12.8 Å². The van der Waals surface area contributed by atoms with Crippen LogP contribution in [0.4, 0.5) is 0 Å². The van der Waals surface area contributed by atoms with Crippen LogP contribution in [0.1, 0.15) is 43.8 Å². The van der Waals surface area contributed by atoms with Gasteiger partial charge in [-0.15, -0.1) is 0 Å². The Balaban J connectivity index is 2.08. The summed E-state index contributed by atoms with van der Waals surface area (Å²) in [6.07, 6.45) is 9.73. The molecule has 1 aromatic heterocycles. The maximum Gasteiger partial charge on any atom is 0.135 e. The van der Waals surface area contributed by atoms with Crippen LogP contribution in [0.25, 0.3) is 0 Å². The van der Waals surface area contributed by atoms with Crippen molar-refractivity contribution in [1.29, 1.82) is 0 Å². The summed E-state index contributed by atoms with van der Waals surface area (Å²) in [6, 6.07) is 0. The minimum absolute atomic E-state index is 0.599. The Morgan fingerprint density at radius 2 is 1.67 bits per heavy atom. The quantitative estimate of drug-likeness (QED) is 0.634. The Bertz CT molecular complexity index is 229. The van der Waals surface area contributed by atoms with Crippen LogP contribution in [0, 0.1) is 0 Å². The van der Waals surface area contributed by atoms with E-state index < -0.39 is 0 Å². The van der Waals surface area contributed by atoms with Crippen molar-refractivity contribution in [2.75, 3.05) is 0 Å². The lowest BCUT2D eigenvalue weighted by molar-refractivity contribution is 0.427. The monoisotopic (exact) mass is 163 g/mol. The van der Waals surface area contributed by atoms with Gasteiger partial charge in [-0.2, -0.15) is 0 Å². The minimum Gasteiger partial charge on any atom is -0.225 e. The molecule has 1 saturated carbocycles. The Kier molecular flexibility index (Phi) is 2.30. The molecule has 1 aliphatic carbocycles. The molecular weight excluding hydrogens is 150 g/mol. The normalized spacial score (nSPS) is 19.3. The van der Waals surface area contributed by atoms with Crippen LogP contribution >= 0.6 is 0 Å². The zero-order valence-electron chi connectivity index (χ0n) is 7.11. The predicted octanol–water partition coefficient (Wildman–Crippen LogP) is 1.92. The van der Waals surface area contributed by atoms with Gasteiger partial charge in [0.15, 0.2) is 0 Å². The average Bonchev–Trinajstić information content (AvgIpc) is 2.21. The lowest BCUT2D eigenvalue weighted by Gasteiger charge is -2.19. The number of nitrogens with zero attached hydrogens (tertiary/aromatic N) is 3. The molecule has 3 nitrogen and oxygen atoms in total. The smallest absolute Gasteiger partial charge is 0.135 e. The summed E-state index contributed by atoms with van der Waals surface area (Å²) in [5.41, 5.74) is 0. The number of aromatic nitrogens is 3. The van der Waals surface area contributed by atoms with E-state index in [0.29, 0.717) is 5.92 Å². The van der Waals surface area contributed by atoms with Crippen molar-refractivity contribution in [3.63, 3.8) is 0 Å². The first kappa shape index (κ1) is 7.65. The molecule has 0 spiro atoms. The highest BCUT2D eigenvalue weighted by atomic mass is 15.0. The van der Waals surface area contributed by atoms with Crippen molar-refractivity contribution < 1.29 is 0 Å². The highest BCUT2D eigenvalue weighted by molar-refractivity contribution is 4.94. The van der Waals surface area contributed by atoms with Crippen LogP contribution in [0.5, 0.6) is 0 Å². The molecule has 2 rings (SSSR count). The molecule has 1 aromatic rings. The van der Waals surface area contributed by atoms with E-state index >= 15 is 0 Å². The second-order valence-corrected chi connectivity index (χ2v) is 3.33.